The van der Waals surface area contributed by atoms with Crippen LogP contribution < -0.4 is 5.73 Å². The highest BCUT2D eigenvalue weighted by molar-refractivity contribution is 6.41. The Morgan fingerprint density at radius 3 is 2.50 bits per heavy atom. The van der Waals surface area contributed by atoms with Gasteiger partial charge in [0.2, 0.25) is 0 Å². The molecule has 0 saturated carbocycles. The lowest BCUT2D eigenvalue weighted by molar-refractivity contribution is -0.404. The standard InChI is InChI=1S/C17H28BNO3/c1-2-3-5-10-16(19)17(20)12-15(13-18(21)22)11-14-8-6-4-7-9-14/h4,6-9,15-16,21-22H,2-3,5,10-13,19H2,1H3/p+1/t15-,16-/m0/s1. The third-order valence-corrected chi connectivity index (χ3v) is 4.01. The third kappa shape index (κ3) is 7.73. The minimum atomic E-state index is -1.37. The van der Waals surface area contributed by atoms with E-state index < -0.39 is 7.12 Å². The summed E-state index contributed by atoms with van der Waals surface area (Å²) < 4.78 is 0. The molecule has 0 radical (unpaired) electrons. The first-order valence-electron chi connectivity index (χ1n) is 8.28. The molecule has 22 heavy (non-hydrogen) atoms. The van der Waals surface area contributed by atoms with Crippen LogP contribution >= 0.6 is 0 Å². The number of hydrogen-bond donors (Lipinski definition) is 3. The van der Waals surface area contributed by atoms with E-state index in [0.29, 0.717) is 12.8 Å². The summed E-state index contributed by atoms with van der Waals surface area (Å²) >= 11 is 0. The maximum absolute atomic E-state index is 12.3. The summed E-state index contributed by atoms with van der Waals surface area (Å²) in [6.07, 6.45) is 5.39. The van der Waals surface area contributed by atoms with Gasteiger partial charge < -0.3 is 15.8 Å². The molecule has 2 atom stereocenters. The minimum absolute atomic E-state index is 0.0506. The lowest BCUT2D eigenvalue weighted by Gasteiger charge is -2.17. The molecule has 0 unspecified atom stereocenters. The van der Waals surface area contributed by atoms with Crippen molar-refractivity contribution in [1.82, 2.24) is 0 Å². The third-order valence-electron chi connectivity index (χ3n) is 4.01. The molecule has 1 aromatic carbocycles. The Labute approximate surface area is 133 Å². The SMILES string of the molecule is CCCCC[C@H]([NH3+])C(=O)C[C@@H](CB(O)O)Cc1ccccc1. The topological polar surface area (TPSA) is 85.2 Å². The van der Waals surface area contributed by atoms with Crippen molar-refractivity contribution in [2.45, 2.75) is 57.8 Å². The van der Waals surface area contributed by atoms with Crippen LogP contribution in [-0.2, 0) is 11.2 Å². The molecule has 122 valence electrons. The molecule has 0 aliphatic heterocycles. The van der Waals surface area contributed by atoms with Gasteiger partial charge in [-0.2, -0.15) is 0 Å². The van der Waals surface area contributed by atoms with Crippen molar-refractivity contribution in [3.05, 3.63) is 35.9 Å². The number of ketones is 1. The van der Waals surface area contributed by atoms with Crippen LogP contribution in [0.15, 0.2) is 30.3 Å². The maximum Gasteiger partial charge on any atom is 0.451 e. The number of rotatable bonds is 11. The molecule has 1 aromatic rings. The summed E-state index contributed by atoms with van der Waals surface area (Å²) in [5.74, 6) is 0.0861. The van der Waals surface area contributed by atoms with Gasteiger partial charge in [-0.05, 0) is 30.6 Å². The van der Waals surface area contributed by atoms with E-state index in [1.807, 2.05) is 30.3 Å². The molecule has 0 saturated heterocycles. The van der Waals surface area contributed by atoms with Gasteiger partial charge in [-0.1, -0.05) is 50.1 Å². The number of unbranched alkanes of at least 4 members (excludes halogenated alkanes) is 2. The van der Waals surface area contributed by atoms with E-state index in [1.54, 1.807) is 0 Å². The molecule has 0 spiro atoms. The second kappa shape index (κ2) is 10.5. The molecule has 0 amide bonds. The number of carbonyl (C=O) groups excluding carboxylic acids is 1. The van der Waals surface area contributed by atoms with E-state index in [9.17, 15) is 14.8 Å². The smallest absolute Gasteiger partial charge is 0.427 e. The van der Waals surface area contributed by atoms with E-state index in [-0.39, 0.29) is 24.1 Å². The van der Waals surface area contributed by atoms with Crippen LogP contribution in [-0.4, -0.2) is 29.0 Å². The second-order valence-electron chi connectivity index (χ2n) is 6.14. The maximum atomic E-state index is 12.3. The molecule has 0 bridgehead atoms. The summed E-state index contributed by atoms with van der Waals surface area (Å²) in [5.41, 5.74) is 5.09. The first-order valence-corrected chi connectivity index (χ1v) is 8.28. The van der Waals surface area contributed by atoms with Gasteiger partial charge >= 0.3 is 7.12 Å². The van der Waals surface area contributed by atoms with Gasteiger partial charge in [0.15, 0.2) is 5.78 Å². The van der Waals surface area contributed by atoms with Crippen LogP contribution in [0.1, 0.15) is 44.6 Å². The monoisotopic (exact) mass is 306 g/mol. The summed E-state index contributed by atoms with van der Waals surface area (Å²) in [6, 6.07) is 9.69. The van der Waals surface area contributed by atoms with Gasteiger partial charge in [0.25, 0.3) is 0 Å². The summed E-state index contributed by atoms with van der Waals surface area (Å²) in [6.45, 7) is 2.14. The Kier molecular flexibility index (Phi) is 9.05. The van der Waals surface area contributed by atoms with Crippen LogP contribution in [0.4, 0.5) is 0 Å². The fourth-order valence-corrected chi connectivity index (χ4v) is 2.74. The van der Waals surface area contributed by atoms with E-state index in [0.717, 1.165) is 31.2 Å². The van der Waals surface area contributed by atoms with E-state index >= 15 is 0 Å². The molecular weight excluding hydrogens is 277 g/mol. The number of hydrogen-bond acceptors (Lipinski definition) is 3. The minimum Gasteiger partial charge on any atom is -0.427 e. The van der Waals surface area contributed by atoms with Crippen LogP contribution in [0.5, 0.6) is 0 Å². The van der Waals surface area contributed by atoms with Gasteiger partial charge in [-0.3, -0.25) is 4.79 Å². The van der Waals surface area contributed by atoms with Gasteiger partial charge in [-0.25, -0.2) is 0 Å². The molecule has 0 aliphatic carbocycles. The summed E-state index contributed by atoms with van der Waals surface area (Å²) in [7, 11) is -1.37. The van der Waals surface area contributed by atoms with Crippen LogP contribution in [0, 0.1) is 5.92 Å². The highest BCUT2D eigenvalue weighted by atomic mass is 16.4. The lowest BCUT2D eigenvalue weighted by atomic mass is 9.74. The normalized spacial score (nSPS) is 13.6. The Morgan fingerprint density at radius 1 is 1.23 bits per heavy atom. The predicted molar refractivity (Wildman–Crippen MR) is 89.1 cm³/mol. The fourth-order valence-electron chi connectivity index (χ4n) is 2.74. The predicted octanol–water partition coefficient (Wildman–Crippen LogP) is 1.47. The fraction of sp³-hybridized carbons (Fsp3) is 0.588. The molecule has 0 aromatic heterocycles. The van der Waals surface area contributed by atoms with Gasteiger partial charge in [0.1, 0.15) is 6.04 Å². The Morgan fingerprint density at radius 2 is 1.91 bits per heavy atom. The van der Waals surface area contributed by atoms with E-state index in [1.165, 1.54) is 0 Å². The average molecular weight is 306 g/mol. The van der Waals surface area contributed by atoms with Crippen molar-refractivity contribution in [3.8, 4) is 0 Å². The quantitative estimate of drug-likeness (QED) is 0.427. The van der Waals surface area contributed by atoms with Crippen molar-refractivity contribution in [1.29, 1.82) is 0 Å². The highest BCUT2D eigenvalue weighted by Gasteiger charge is 2.25. The molecule has 0 heterocycles. The van der Waals surface area contributed by atoms with Crippen molar-refractivity contribution in [2.75, 3.05) is 0 Å². The molecule has 0 aliphatic rings. The van der Waals surface area contributed by atoms with E-state index in [4.69, 9.17) is 0 Å². The van der Waals surface area contributed by atoms with Crippen molar-refractivity contribution in [3.63, 3.8) is 0 Å². The molecule has 0 fully saturated rings. The number of benzene rings is 1. The van der Waals surface area contributed by atoms with Crippen molar-refractivity contribution in [2.24, 2.45) is 5.92 Å². The van der Waals surface area contributed by atoms with Crippen molar-refractivity contribution < 1.29 is 20.6 Å². The van der Waals surface area contributed by atoms with Crippen LogP contribution in [0.25, 0.3) is 0 Å². The first-order chi connectivity index (χ1) is 10.5. The molecule has 4 nitrogen and oxygen atoms in total. The van der Waals surface area contributed by atoms with Gasteiger partial charge in [-0.15, -0.1) is 0 Å². The lowest BCUT2D eigenvalue weighted by Crippen LogP contribution is -2.65. The number of Topliss-reactive ketones (excluding diaryl/α,β-unsaturated/α-hetero) is 1. The number of quaternary nitrogens is 1. The Bertz CT molecular complexity index is 425. The van der Waals surface area contributed by atoms with E-state index in [2.05, 4.69) is 12.7 Å². The van der Waals surface area contributed by atoms with Crippen LogP contribution in [0.2, 0.25) is 6.32 Å². The van der Waals surface area contributed by atoms with Crippen molar-refractivity contribution >= 4 is 12.9 Å². The zero-order chi connectivity index (χ0) is 16.4. The largest absolute Gasteiger partial charge is 0.451 e. The molecule has 1 rings (SSSR count). The number of carbonyl (C=O) groups is 1. The average Bonchev–Trinajstić information content (AvgIpc) is 2.47. The Hall–Kier alpha value is -1.17. The zero-order valence-corrected chi connectivity index (χ0v) is 13.6. The highest BCUT2D eigenvalue weighted by Crippen LogP contribution is 2.19. The molecular formula is C17H29BNO3+. The molecule has 5 N–H and O–H groups in total. The first kappa shape index (κ1) is 18.9. The van der Waals surface area contributed by atoms with Crippen LogP contribution in [0.3, 0.4) is 0 Å². The zero-order valence-electron chi connectivity index (χ0n) is 13.6. The van der Waals surface area contributed by atoms with Gasteiger partial charge in [0.05, 0.1) is 0 Å². The molecule has 5 heteroatoms. The summed E-state index contributed by atoms with van der Waals surface area (Å²) in [4.78, 5) is 12.3. The Balaban J connectivity index is 2.54. The van der Waals surface area contributed by atoms with Gasteiger partial charge in [0, 0.05) is 12.8 Å². The summed E-state index contributed by atoms with van der Waals surface area (Å²) in [5, 5.41) is 18.5. The second-order valence-corrected chi connectivity index (χ2v) is 6.14.